The molecule has 1 aliphatic heterocycles. The second-order valence-electron chi connectivity index (χ2n) is 8.34. The number of H-pyrrole nitrogens is 1. The molecule has 0 amide bonds. The van der Waals surface area contributed by atoms with Gasteiger partial charge in [-0.2, -0.15) is 13.2 Å². The number of halogens is 3. The Balaban J connectivity index is 1.50. The summed E-state index contributed by atoms with van der Waals surface area (Å²) in [6, 6.07) is 5.38. The van der Waals surface area contributed by atoms with Gasteiger partial charge in [0.05, 0.1) is 12.1 Å². The van der Waals surface area contributed by atoms with Crippen molar-refractivity contribution in [2.75, 3.05) is 31.1 Å². The van der Waals surface area contributed by atoms with Crippen molar-refractivity contribution in [3.63, 3.8) is 0 Å². The van der Waals surface area contributed by atoms with Crippen LogP contribution >= 0.6 is 0 Å². The van der Waals surface area contributed by atoms with Crippen LogP contribution in [0.15, 0.2) is 33.9 Å². The van der Waals surface area contributed by atoms with Gasteiger partial charge in [0.1, 0.15) is 5.82 Å². The predicted molar refractivity (Wildman–Crippen MR) is 119 cm³/mol. The molecule has 0 bridgehead atoms. The van der Waals surface area contributed by atoms with Gasteiger partial charge < -0.3 is 9.47 Å². The first kappa shape index (κ1) is 23.1. The molecule has 4 rings (SSSR count). The molecular weight excluding hydrogens is 437 g/mol. The number of imidazole rings is 1. The summed E-state index contributed by atoms with van der Waals surface area (Å²) in [5, 5.41) is 0. The van der Waals surface area contributed by atoms with E-state index in [1.165, 1.54) is 16.7 Å². The monoisotopic (exact) mass is 464 g/mol. The molecule has 8 nitrogen and oxygen atoms in total. The summed E-state index contributed by atoms with van der Waals surface area (Å²) in [4.78, 5) is 35.8. The minimum absolute atomic E-state index is 0.364. The number of anilines is 1. The lowest BCUT2D eigenvalue weighted by Crippen LogP contribution is -2.46. The van der Waals surface area contributed by atoms with E-state index in [9.17, 15) is 22.8 Å². The van der Waals surface area contributed by atoms with Gasteiger partial charge in [-0.3, -0.25) is 19.2 Å². The normalized spacial score (nSPS) is 15.5. The van der Waals surface area contributed by atoms with Crippen LogP contribution in [0.2, 0.25) is 0 Å². The Bertz CT molecular complexity index is 1250. The number of hydrogen-bond donors (Lipinski definition) is 1. The van der Waals surface area contributed by atoms with Crippen molar-refractivity contribution in [2.24, 2.45) is 7.05 Å². The van der Waals surface area contributed by atoms with Crippen molar-refractivity contribution < 1.29 is 13.2 Å². The van der Waals surface area contributed by atoms with Gasteiger partial charge in [0, 0.05) is 45.5 Å². The molecule has 1 aliphatic rings. The molecule has 0 radical (unpaired) electrons. The summed E-state index contributed by atoms with van der Waals surface area (Å²) in [5.41, 5.74) is -0.264. The van der Waals surface area contributed by atoms with Crippen LogP contribution in [-0.4, -0.2) is 50.2 Å². The van der Waals surface area contributed by atoms with Crippen LogP contribution in [0.25, 0.3) is 11.2 Å². The molecule has 1 N–H and O–H groups in total. The lowest BCUT2D eigenvalue weighted by molar-refractivity contribution is -0.137. The van der Waals surface area contributed by atoms with E-state index in [1.807, 2.05) is 11.8 Å². The molecule has 1 fully saturated rings. The van der Waals surface area contributed by atoms with E-state index in [4.69, 9.17) is 0 Å². The van der Waals surface area contributed by atoms with E-state index in [1.54, 1.807) is 17.7 Å². The smallest absolute Gasteiger partial charge is 0.369 e. The van der Waals surface area contributed by atoms with Gasteiger partial charge in [-0.1, -0.05) is 19.4 Å². The number of nitrogens with zero attached hydrogens (tertiary/aromatic N) is 5. The maximum Gasteiger partial charge on any atom is 0.416 e. The highest BCUT2D eigenvalue weighted by Crippen LogP contribution is 2.32. The first-order chi connectivity index (χ1) is 15.7. The number of aryl methyl sites for hydroxylation is 2. The minimum Gasteiger partial charge on any atom is -0.369 e. The zero-order valence-electron chi connectivity index (χ0n) is 18.7. The van der Waals surface area contributed by atoms with Gasteiger partial charge in [-0.05, 0) is 24.6 Å². The molecule has 1 aromatic carbocycles. The number of aromatic nitrogens is 4. The lowest BCUT2D eigenvalue weighted by Gasteiger charge is -2.36. The standard InChI is InChI=1S/C22H27F3N6O2/c1-3-4-8-31-19-18(20(32)27-21(31)33)28(2)17(26-19)14-29-9-11-30(12-10-29)16-7-5-6-15(13-16)22(23,24)25/h5-7,13H,3-4,8-12,14H2,1-2H3,(H,27,32,33). The quantitative estimate of drug-likeness (QED) is 0.607. The van der Waals surface area contributed by atoms with Gasteiger partial charge in [0.2, 0.25) is 0 Å². The average molecular weight is 464 g/mol. The third kappa shape index (κ3) is 4.68. The summed E-state index contributed by atoms with van der Waals surface area (Å²) >= 11 is 0. The number of hydrogen-bond acceptors (Lipinski definition) is 5. The molecule has 1 saturated heterocycles. The van der Waals surface area contributed by atoms with Crippen molar-refractivity contribution in [1.29, 1.82) is 0 Å². The number of benzene rings is 1. The van der Waals surface area contributed by atoms with E-state index in [0.29, 0.717) is 61.9 Å². The molecule has 11 heteroatoms. The second kappa shape index (κ2) is 9.05. The Hall–Kier alpha value is -3.08. The van der Waals surface area contributed by atoms with Crippen LogP contribution in [-0.2, 0) is 26.3 Å². The molecule has 2 aromatic heterocycles. The third-order valence-corrected chi connectivity index (χ3v) is 6.12. The molecule has 0 atom stereocenters. The number of alkyl halides is 3. The Labute approximate surface area is 188 Å². The fourth-order valence-electron chi connectivity index (χ4n) is 4.20. The number of unbranched alkanes of at least 4 members (excludes halogenated alkanes) is 1. The molecule has 0 saturated carbocycles. The summed E-state index contributed by atoms with van der Waals surface area (Å²) < 4.78 is 42.3. The van der Waals surface area contributed by atoms with Gasteiger partial charge in [0.15, 0.2) is 11.2 Å². The Morgan fingerprint density at radius 2 is 1.85 bits per heavy atom. The maximum atomic E-state index is 13.0. The van der Waals surface area contributed by atoms with E-state index >= 15 is 0 Å². The van der Waals surface area contributed by atoms with E-state index < -0.39 is 23.0 Å². The van der Waals surface area contributed by atoms with Crippen molar-refractivity contribution in [2.45, 2.75) is 39.0 Å². The topological polar surface area (TPSA) is 79.2 Å². The molecule has 3 heterocycles. The number of nitrogens with one attached hydrogen (secondary N) is 1. The lowest BCUT2D eigenvalue weighted by atomic mass is 10.1. The Morgan fingerprint density at radius 1 is 1.12 bits per heavy atom. The zero-order valence-corrected chi connectivity index (χ0v) is 18.7. The van der Waals surface area contributed by atoms with Gasteiger partial charge in [0.25, 0.3) is 5.56 Å². The minimum atomic E-state index is -4.37. The first-order valence-corrected chi connectivity index (χ1v) is 11.0. The van der Waals surface area contributed by atoms with E-state index in [0.717, 1.165) is 18.9 Å². The summed E-state index contributed by atoms with van der Waals surface area (Å²) in [5.74, 6) is 0.666. The van der Waals surface area contributed by atoms with Crippen LogP contribution in [0.5, 0.6) is 0 Å². The summed E-state index contributed by atoms with van der Waals surface area (Å²) in [6.07, 6.45) is -2.67. The van der Waals surface area contributed by atoms with Crippen molar-refractivity contribution in [3.8, 4) is 0 Å². The number of piperazine rings is 1. The molecular formula is C22H27F3N6O2. The summed E-state index contributed by atoms with van der Waals surface area (Å²) in [6.45, 7) is 5.41. The molecule has 0 spiro atoms. The van der Waals surface area contributed by atoms with Crippen LogP contribution < -0.4 is 16.1 Å². The summed E-state index contributed by atoms with van der Waals surface area (Å²) in [7, 11) is 1.76. The van der Waals surface area contributed by atoms with Crippen molar-refractivity contribution >= 4 is 16.9 Å². The molecule has 178 valence electrons. The highest BCUT2D eigenvalue weighted by Gasteiger charge is 2.31. The van der Waals surface area contributed by atoms with Crippen molar-refractivity contribution in [3.05, 3.63) is 56.5 Å². The SMILES string of the molecule is CCCCn1c(=O)[nH]c(=O)c2c1nc(CN1CCN(c3cccc(C(F)(F)F)c3)CC1)n2C. The van der Waals surface area contributed by atoms with Crippen LogP contribution in [0.4, 0.5) is 18.9 Å². The van der Waals surface area contributed by atoms with Crippen LogP contribution in [0.1, 0.15) is 31.2 Å². The molecule has 0 aliphatic carbocycles. The number of aromatic amines is 1. The zero-order chi connectivity index (χ0) is 23.8. The largest absolute Gasteiger partial charge is 0.416 e. The fraction of sp³-hybridized carbons (Fsp3) is 0.500. The average Bonchev–Trinajstić information content (AvgIpc) is 3.10. The van der Waals surface area contributed by atoms with E-state index in [-0.39, 0.29) is 0 Å². The number of rotatable bonds is 6. The van der Waals surface area contributed by atoms with E-state index in [2.05, 4.69) is 14.9 Å². The third-order valence-electron chi connectivity index (χ3n) is 6.12. The van der Waals surface area contributed by atoms with Gasteiger partial charge in [-0.25, -0.2) is 9.78 Å². The first-order valence-electron chi connectivity index (χ1n) is 11.0. The molecule has 0 unspecified atom stereocenters. The fourth-order valence-corrected chi connectivity index (χ4v) is 4.20. The van der Waals surface area contributed by atoms with Gasteiger partial charge >= 0.3 is 11.9 Å². The highest BCUT2D eigenvalue weighted by molar-refractivity contribution is 5.70. The predicted octanol–water partition coefficient (Wildman–Crippen LogP) is 2.56. The second-order valence-corrected chi connectivity index (χ2v) is 8.34. The number of fused-ring (bicyclic) bond motifs is 1. The van der Waals surface area contributed by atoms with Crippen LogP contribution in [0, 0.1) is 0 Å². The maximum absolute atomic E-state index is 13.0. The van der Waals surface area contributed by atoms with Crippen LogP contribution in [0.3, 0.4) is 0 Å². The van der Waals surface area contributed by atoms with Crippen molar-refractivity contribution in [1.82, 2.24) is 24.0 Å². The Kier molecular flexibility index (Phi) is 6.33. The molecule has 3 aromatic rings. The highest BCUT2D eigenvalue weighted by atomic mass is 19.4. The molecule has 33 heavy (non-hydrogen) atoms. The Morgan fingerprint density at radius 3 is 2.52 bits per heavy atom. The van der Waals surface area contributed by atoms with Gasteiger partial charge in [-0.15, -0.1) is 0 Å².